The molecule has 124 valence electrons. The third-order valence-electron chi connectivity index (χ3n) is 5.35. The highest BCUT2D eigenvalue weighted by atomic mass is 14.5. The Labute approximate surface area is 145 Å². The summed E-state index contributed by atoms with van der Waals surface area (Å²) in [5.41, 5.74) is 8.51. The summed E-state index contributed by atoms with van der Waals surface area (Å²) in [5.74, 6) is 0. The molecule has 1 aliphatic rings. The molecule has 0 saturated heterocycles. The molecule has 1 heteroatoms. The molecular weight excluding hydrogens is 290 g/mol. The Balaban J connectivity index is 2.33. The molecule has 2 aromatic carbocycles. The van der Waals surface area contributed by atoms with E-state index in [1.807, 2.05) is 0 Å². The Kier molecular flexibility index (Phi) is 3.99. The van der Waals surface area contributed by atoms with E-state index >= 15 is 0 Å². The minimum absolute atomic E-state index is 0.177. The van der Waals surface area contributed by atoms with Crippen LogP contribution in [0.4, 0.5) is 0 Å². The van der Waals surface area contributed by atoms with Gasteiger partial charge in [-0.05, 0) is 60.2 Å². The van der Waals surface area contributed by atoms with Gasteiger partial charge in [0.25, 0.3) is 0 Å². The molecule has 0 aliphatic heterocycles. The first-order valence-electron chi connectivity index (χ1n) is 8.70. The highest BCUT2D eigenvalue weighted by Crippen LogP contribution is 2.41. The van der Waals surface area contributed by atoms with Gasteiger partial charge in [0.1, 0.15) is 0 Å². The zero-order chi connectivity index (χ0) is 17.6. The zero-order valence-electron chi connectivity index (χ0n) is 15.7. The molecule has 2 aromatic rings. The first kappa shape index (κ1) is 16.7. The van der Waals surface area contributed by atoms with Gasteiger partial charge in [-0.1, -0.05) is 62.7 Å². The lowest BCUT2D eigenvalue weighted by Crippen LogP contribution is -2.22. The highest BCUT2D eigenvalue weighted by molar-refractivity contribution is 6.15. The predicted octanol–water partition coefficient (Wildman–Crippen LogP) is 6.77. The number of fused-ring (bicyclic) bond motifs is 1. The number of benzene rings is 2. The van der Waals surface area contributed by atoms with Gasteiger partial charge in [0.05, 0.1) is 0 Å². The Hall–Kier alpha value is -2.15. The smallest absolute Gasteiger partial charge is 0.0451 e. The fraction of sp³-hybridized carbons (Fsp3) is 0.348. The van der Waals surface area contributed by atoms with Crippen LogP contribution in [0, 0.1) is 10.8 Å². The number of allylic oxidation sites excluding steroid dienone is 4. The van der Waals surface area contributed by atoms with E-state index < -0.39 is 0 Å². The van der Waals surface area contributed by atoms with Gasteiger partial charge in [0.2, 0.25) is 0 Å². The van der Waals surface area contributed by atoms with Crippen LogP contribution in [0.25, 0.3) is 16.3 Å². The molecule has 0 unspecified atom stereocenters. The first-order valence-corrected chi connectivity index (χ1v) is 8.70. The van der Waals surface area contributed by atoms with Crippen molar-refractivity contribution in [1.29, 1.82) is 5.41 Å². The SMILES string of the molecule is CC1=C(C)C(C)=C(c2ccc3ccccc3c2C(=N)C(C)(C)C)C1. The van der Waals surface area contributed by atoms with Crippen LogP contribution >= 0.6 is 0 Å². The molecule has 0 bridgehead atoms. The van der Waals surface area contributed by atoms with Crippen molar-refractivity contribution in [2.45, 2.75) is 48.0 Å². The Morgan fingerprint density at radius 3 is 2.17 bits per heavy atom. The molecule has 0 radical (unpaired) electrons. The van der Waals surface area contributed by atoms with E-state index in [9.17, 15) is 0 Å². The Bertz CT molecular complexity index is 901. The first-order chi connectivity index (χ1) is 11.2. The Morgan fingerprint density at radius 2 is 1.58 bits per heavy atom. The largest absolute Gasteiger partial charge is 0.304 e. The van der Waals surface area contributed by atoms with Crippen LogP contribution in [0.2, 0.25) is 0 Å². The molecular formula is C23H27N. The summed E-state index contributed by atoms with van der Waals surface area (Å²) in [6.45, 7) is 13.1. The second-order valence-corrected chi connectivity index (χ2v) is 8.02. The molecule has 1 nitrogen and oxygen atoms in total. The highest BCUT2D eigenvalue weighted by Gasteiger charge is 2.26. The number of nitrogens with one attached hydrogen (secondary N) is 1. The van der Waals surface area contributed by atoms with Crippen molar-refractivity contribution in [3.8, 4) is 0 Å². The summed E-state index contributed by atoms with van der Waals surface area (Å²) < 4.78 is 0. The molecule has 0 fully saturated rings. The van der Waals surface area contributed by atoms with Crippen molar-refractivity contribution < 1.29 is 0 Å². The van der Waals surface area contributed by atoms with Gasteiger partial charge >= 0.3 is 0 Å². The molecule has 1 N–H and O–H groups in total. The van der Waals surface area contributed by atoms with Gasteiger partial charge in [-0.3, -0.25) is 0 Å². The normalized spacial score (nSPS) is 15.6. The summed E-state index contributed by atoms with van der Waals surface area (Å²) in [6, 6.07) is 12.9. The second kappa shape index (κ2) is 5.73. The summed E-state index contributed by atoms with van der Waals surface area (Å²) in [6.07, 6.45) is 1.00. The van der Waals surface area contributed by atoms with E-state index in [1.165, 1.54) is 38.6 Å². The molecule has 3 rings (SSSR count). The van der Waals surface area contributed by atoms with Crippen LogP contribution in [-0.2, 0) is 0 Å². The van der Waals surface area contributed by atoms with Crippen LogP contribution in [0.5, 0.6) is 0 Å². The molecule has 0 atom stereocenters. The summed E-state index contributed by atoms with van der Waals surface area (Å²) in [7, 11) is 0. The third-order valence-corrected chi connectivity index (χ3v) is 5.35. The topological polar surface area (TPSA) is 23.9 Å². The number of hydrogen-bond donors (Lipinski definition) is 1. The number of hydrogen-bond acceptors (Lipinski definition) is 1. The van der Waals surface area contributed by atoms with E-state index in [1.54, 1.807) is 0 Å². The summed E-state index contributed by atoms with van der Waals surface area (Å²) >= 11 is 0. The van der Waals surface area contributed by atoms with E-state index in [0.29, 0.717) is 0 Å². The van der Waals surface area contributed by atoms with E-state index in [2.05, 4.69) is 77.9 Å². The summed E-state index contributed by atoms with van der Waals surface area (Å²) in [4.78, 5) is 0. The average Bonchev–Trinajstić information content (AvgIpc) is 2.79. The average molecular weight is 317 g/mol. The number of rotatable bonds is 2. The fourth-order valence-electron chi connectivity index (χ4n) is 3.54. The van der Waals surface area contributed by atoms with Gasteiger partial charge in [-0.15, -0.1) is 0 Å². The van der Waals surface area contributed by atoms with Gasteiger partial charge in [-0.25, -0.2) is 0 Å². The standard InChI is InChI=1S/C23H27N/c1-14-13-20(16(3)15(14)2)19-12-11-17-9-7-8-10-18(17)21(19)22(24)23(4,5)6/h7-12,24H,13H2,1-6H3. The minimum Gasteiger partial charge on any atom is -0.304 e. The van der Waals surface area contributed by atoms with Gasteiger partial charge < -0.3 is 5.41 Å². The van der Waals surface area contributed by atoms with Gasteiger partial charge in [-0.2, -0.15) is 0 Å². The van der Waals surface area contributed by atoms with Crippen molar-refractivity contribution in [3.05, 3.63) is 64.2 Å². The molecule has 0 amide bonds. The molecule has 0 saturated carbocycles. The zero-order valence-corrected chi connectivity index (χ0v) is 15.7. The second-order valence-electron chi connectivity index (χ2n) is 8.02. The maximum absolute atomic E-state index is 8.90. The van der Waals surface area contributed by atoms with Crippen molar-refractivity contribution >= 4 is 22.1 Å². The minimum atomic E-state index is -0.177. The van der Waals surface area contributed by atoms with Crippen LogP contribution in [0.15, 0.2) is 53.1 Å². The molecule has 24 heavy (non-hydrogen) atoms. The third kappa shape index (κ3) is 2.62. The quantitative estimate of drug-likeness (QED) is 0.591. The summed E-state index contributed by atoms with van der Waals surface area (Å²) in [5, 5.41) is 11.3. The van der Waals surface area contributed by atoms with Crippen molar-refractivity contribution in [2.24, 2.45) is 5.41 Å². The van der Waals surface area contributed by atoms with Crippen LogP contribution < -0.4 is 0 Å². The van der Waals surface area contributed by atoms with E-state index in [4.69, 9.17) is 5.41 Å². The van der Waals surface area contributed by atoms with Crippen molar-refractivity contribution in [1.82, 2.24) is 0 Å². The molecule has 0 spiro atoms. The van der Waals surface area contributed by atoms with Gasteiger partial charge in [0.15, 0.2) is 0 Å². The van der Waals surface area contributed by atoms with Gasteiger partial charge in [0, 0.05) is 16.7 Å². The Morgan fingerprint density at radius 1 is 0.917 bits per heavy atom. The maximum atomic E-state index is 8.90. The lowest BCUT2D eigenvalue weighted by atomic mass is 9.79. The molecule has 0 aromatic heterocycles. The molecule has 0 heterocycles. The van der Waals surface area contributed by atoms with Crippen molar-refractivity contribution in [2.75, 3.05) is 0 Å². The fourth-order valence-corrected chi connectivity index (χ4v) is 3.54. The van der Waals surface area contributed by atoms with Crippen LogP contribution in [0.1, 0.15) is 59.1 Å². The lowest BCUT2D eigenvalue weighted by molar-refractivity contribution is 0.589. The lowest BCUT2D eigenvalue weighted by Gasteiger charge is -2.25. The maximum Gasteiger partial charge on any atom is 0.0451 e. The van der Waals surface area contributed by atoms with E-state index in [0.717, 1.165) is 17.7 Å². The van der Waals surface area contributed by atoms with Crippen molar-refractivity contribution in [3.63, 3.8) is 0 Å². The van der Waals surface area contributed by atoms with Crippen LogP contribution in [0.3, 0.4) is 0 Å². The van der Waals surface area contributed by atoms with Crippen LogP contribution in [-0.4, -0.2) is 5.71 Å². The predicted molar refractivity (Wildman–Crippen MR) is 106 cm³/mol. The van der Waals surface area contributed by atoms with E-state index in [-0.39, 0.29) is 5.41 Å². The molecule has 1 aliphatic carbocycles. The monoisotopic (exact) mass is 317 g/mol.